The lowest BCUT2D eigenvalue weighted by atomic mass is 10.0. The van der Waals surface area contributed by atoms with E-state index >= 15 is 0 Å². The average molecular weight is 251 g/mol. The van der Waals surface area contributed by atoms with Crippen LogP contribution in [0.15, 0.2) is 61.1 Å². The number of pyridine rings is 1. The standard InChI is InChI=1S/C15H13N3O/c1-17-11-14(12-7-9-18(19)10-8-12)15(16-17)13-5-3-2-4-6-13/h2-11H,1H3. The lowest BCUT2D eigenvalue weighted by molar-refractivity contribution is -0.605. The Morgan fingerprint density at radius 3 is 2.37 bits per heavy atom. The molecular formula is C15H13N3O. The van der Waals surface area contributed by atoms with Crippen LogP contribution in [0.2, 0.25) is 0 Å². The molecule has 0 spiro atoms. The molecule has 0 bridgehead atoms. The summed E-state index contributed by atoms with van der Waals surface area (Å²) in [5, 5.41) is 15.6. The Morgan fingerprint density at radius 1 is 1.00 bits per heavy atom. The third-order valence-electron chi connectivity index (χ3n) is 2.99. The zero-order valence-corrected chi connectivity index (χ0v) is 10.5. The summed E-state index contributed by atoms with van der Waals surface area (Å²) in [5.74, 6) is 0. The molecule has 0 aliphatic rings. The molecule has 0 atom stereocenters. The van der Waals surface area contributed by atoms with Gasteiger partial charge >= 0.3 is 0 Å². The smallest absolute Gasteiger partial charge is 0.180 e. The summed E-state index contributed by atoms with van der Waals surface area (Å²) < 4.78 is 2.57. The van der Waals surface area contributed by atoms with E-state index in [1.165, 1.54) is 12.4 Å². The highest BCUT2D eigenvalue weighted by atomic mass is 16.5. The van der Waals surface area contributed by atoms with Gasteiger partial charge in [0.2, 0.25) is 0 Å². The Hall–Kier alpha value is -2.62. The fourth-order valence-electron chi connectivity index (χ4n) is 2.10. The third kappa shape index (κ3) is 2.20. The number of rotatable bonds is 2. The largest absolute Gasteiger partial charge is 0.619 e. The van der Waals surface area contributed by atoms with Gasteiger partial charge in [0.05, 0.1) is 0 Å². The second kappa shape index (κ2) is 4.57. The molecule has 0 saturated carbocycles. The summed E-state index contributed by atoms with van der Waals surface area (Å²) in [5.41, 5.74) is 4.00. The Kier molecular flexibility index (Phi) is 2.76. The van der Waals surface area contributed by atoms with Gasteiger partial charge in [-0.05, 0) is 5.56 Å². The average Bonchev–Trinajstić information content (AvgIpc) is 2.83. The van der Waals surface area contributed by atoms with Crippen molar-refractivity contribution in [2.75, 3.05) is 0 Å². The van der Waals surface area contributed by atoms with E-state index in [2.05, 4.69) is 5.10 Å². The van der Waals surface area contributed by atoms with E-state index in [0.717, 1.165) is 27.1 Å². The number of benzene rings is 1. The van der Waals surface area contributed by atoms with E-state index in [0.29, 0.717) is 0 Å². The fourth-order valence-corrected chi connectivity index (χ4v) is 2.10. The second-order valence-electron chi connectivity index (χ2n) is 4.38. The first kappa shape index (κ1) is 11.5. The van der Waals surface area contributed by atoms with Gasteiger partial charge in [-0.2, -0.15) is 9.83 Å². The van der Waals surface area contributed by atoms with Crippen LogP contribution in [-0.2, 0) is 7.05 Å². The summed E-state index contributed by atoms with van der Waals surface area (Å²) in [6.45, 7) is 0. The first-order valence-corrected chi connectivity index (χ1v) is 6.02. The summed E-state index contributed by atoms with van der Waals surface area (Å²) in [7, 11) is 1.90. The maximum Gasteiger partial charge on any atom is 0.180 e. The Balaban J connectivity index is 2.15. The van der Waals surface area contributed by atoms with Gasteiger partial charge in [0, 0.05) is 36.5 Å². The highest BCUT2D eigenvalue weighted by molar-refractivity contribution is 5.79. The molecule has 94 valence electrons. The molecule has 1 aromatic carbocycles. The van der Waals surface area contributed by atoms with Gasteiger partial charge in [0.25, 0.3) is 0 Å². The van der Waals surface area contributed by atoms with Gasteiger partial charge in [-0.25, -0.2) is 0 Å². The first-order chi connectivity index (χ1) is 9.24. The Morgan fingerprint density at radius 2 is 1.68 bits per heavy atom. The van der Waals surface area contributed by atoms with Crippen molar-refractivity contribution >= 4 is 0 Å². The van der Waals surface area contributed by atoms with Gasteiger partial charge in [0.1, 0.15) is 5.69 Å². The van der Waals surface area contributed by atoms with Crippen LogP contribution in [-0.4, -0.2) is 9.78 Å². The van der Waals surface area contributed by atoms with Crippen LogP contribution in [0.4, 0.5) is 0 Å². The zero-order chi connectivity index (χ0) is 13.2. The third-order valence-corrected chi connectivity index (χ3v) is 2.99. The van der Waals surface area contributed by atoms with E-state index in [1.807, 2.05) is 43.6 Å². The molecule has 3 rings (SSSR count). The molecule has 0 aliphatic heterocycles. The maximum atomic E-state index is 11.1. The van der Waals surface area contributed by atoms with Gasteiger partial charge in [0.15, 0.2) is 12.4 Å². The molecule has 0 saturated heterocycles. The zero-order valence-electron chi connectivity index (χ0n) is 10.5. The van der Waals surface area contributed by atoms with Crippen LogP contribution < -0.4 is 4.73 Å². The summed E-state index contributed by atoms with van der Waals surface area (Å²) in [6, 6.07) is 13.6. The molecule has 4 nitrogen and oxygen atoms in total. The van der Waals surface area contributed by atoms with Crippen LogP contribution in [0.1, 0.15) is 0 Å². The SMILES string of the molecule is Cn1cc(-c2cc[n+]([O-])cc2)c(-c2ccccc2)n1. The molecular weight excluding hydrogens is 238 g/mol. The molecule has 0 aliphatic carbocycles. The monoisotopic (exact) mass is 251 g/mol. The van der Waals surface area contributed by atoms with Crippen molar-refractivity contribution in [3.05, 3.63) is 66.3 Å². The van der Waals surface area contributed by atoms with E-state index in [1.54, 1.807) is 16.8 Å². The molecule has 4 heteroatoms. The van der Waals surface area contributed by atoms with Gasteiger partial charge in [-0.1, -0.05) is 30.3 Å². The predicted octanol–water partition coefficient (Wildman–Crippen LogP) is 2.39. The molecule has 0 N–H and O–H groups in total. The molecule has 0 fully saturated rings. The molecule has 0 radical (unpaired) electrons. The summed E-state index contributed by atoms with van der Waals surface area (Å²) >= 11 is 0. The molecule has 2 aromatic heterocycles. The van der Waals surface area contributed by atoms with Crippen molar-refractivity contribution in [3.63, 3.8) is 0 Å². The highest BCUT2D eigenvalue weighted by Gasteiger charge is 2.12. The number of hydrogen-bond acceptors (Lipinski definition) is 2. The highest BCUT2D eigenvalue weighted by Crippen LogP contribution is 2.29. The topological polar surface area (TPSA) is 44.8 Å². The number of hydrogen-bond donors (Lipinski definition) is 0. The lowest BCUT2D eigenvalue weighted by Crippen LogP contribution is -2.23. The van der Waals surface area contributed by atoms with E-state index in [9.17, 15) is 5.21 Å². The molecule has 19 heavy (non-hydrogen) atoms. The molecule has 0 amide bonds. The van der Waals surface area contributed by atoms with Crippen molar-refractivity contribution in [2.45, 2.75) is 0 Å². The van der Waals surface area contributed by atoms with Crippen molar-refractivity contribution in [2.24, 2.45) is 7.05 Å². The quantitative estimate of drug-likeness (QED) is 0.518. The molecule has 0 unspecified atom stereocenters. The van der Waals surface area contributed by atoms with Crippen LogP contribution in [0.5, 0.6) is 0 Å². The van der Waals surface area contributed by atoms with Gasteiger partial charge < -0.3 is 5.21 Å². The predicted molar refractivity (Wildman–Crippen MR) is 73.0 cm³/mol. The summed E-state index contributed by atoms with van der Waals surface area (Å²) in [4.78, 5) is 0. The van der Waals surface area contributed by atoms with Crippen molar-refractivity contribution in [1.29, 1.82) is 0 Å². The minimum atomic E-state index is 0.780. The number of aromatic nitrogens is 3. The number of aryl methyl sites for hydroxylation is 1. The van der Waals surface area contributed by atoms with Crippen LogP contribution in [0.25, 0.3) is 22.4 Å². The maximum absolute atomic E-state index is 11.1. The normalized spacial score (nSPS) is 10.6. The van der Waals surface area contributed by atoms with E-state index < -0.39 is 0 Å². The minimum Gasteiger partial charge on any atom is -0.619 e. The molecule has 2 heterocycles. The van der Waals surface area contributed by atoms with Crippen LogP contribution in [0.3, 0.4) is 0 Å². The Labute approximate surface area is 111 Å². The van der Waals surface area contributed by atoms with Crippen molar-refractivity contribution in [1.82, 2.24) is 9.78 Å². The summed E-state index contributed by atoms with van der Waals surface area (Å²) in [6.07, 6.45) is 4.96. The van der Waals surface area contributed by atoms with Crippen molar-refractivity contribution < 1.29 is 4.73 Å². The van der Waals surface area contributed by atoms with Crippen LogP contribution in [0, 0.1) is 5.21 Å². The second-order valence-corrected chi connectivity index (χ2v) is 4.38. The van der Waals surface area contributed by atoms with E-state index in [-0.39, 0.29) is 0 Å². The van der Waals surface area contributed by atoms with Crippen molar-refractivity contribution in [3.8, 4) is 22.4 Å². The van der Waals surface area contributed by atoms with Gasteiger partial charge in [-0.15, -0.1) is 0 Å². The van der Waals surface area contributed by atoms with Gasteiger partial charge in [-0.3, -0.25) is 4.68 Å². The van der Waals surface area contributed by atoms with Crippen LogP contribution >= 0.6 is 0 Å². The fraction of sp³-hybridized carbons (Fsp3) is 0.0667. The minimum absolute atomic E-state index is 0.780. The Bertz CT molecular complexity index is 687. The molecule has 3 aromatic rings. The van der Waals surface area contributed by atoms with E-state index in [4.69, 9.17) is 0 Å². The first-order valence-electron chi connectivity index (χ1n) is 6.02. The lowest BCUT2D eigenvalue weighted by Gasteiger charge is -2.02. The number of nitrogens with zero attached hydrogens (tertiary/aromatic N) is 3.